The average molecular weight is 326 g/mol. The Morgan fingerprint density at radius 3 is 2.67 bits per heavy atom. The maximum absolute atomic E-state index is 12.1. The summed E-state index contributed by atoms with van der Waals surface area (Å²) >= 11 is 0. The number of rotatable bonds is 5. The number of esters is 2. The van der Waals surface area contributed by atoms with Gasteiger partial charge in [-0.2, -0.15) is 0 Å². The van der Waals surface area contributed by atoms with Crippen LogP contribution in [0.1, 0.15) is 34.5 Å². The first-order valence-electron chi connectivity index (χ1n) is 7.84. The molecular formula is C19H18O5. The molecule has 5 nitrogen and oxygen atoms in total. The zero-order chi connectivity index (χ0) is 16.9. The van der Waals surface area contributed by atoms with Gasteiger partial charge in [0.25, 0.3) is 0 Å². The molecule has 5 heteroatoms. The van der Waals surface area contributed by atoms with E-state index >= 15 is 0 Å². The van der Waals surface area contributed by atoms with Gasteiger partial charge in [-0.25, -0.2) is 9.59 Å². The molecule has 0 amide bonds. The number of cyclic esters (lactones) is 1. The largest absolute Gasteiger partial charge is 0.482 e. The maximum Gasteiger partial charge on any atom is 0.344 e. The van der Waals surface area contributed by atoms with E-state index in [0.717, 1.165) is 11.1 Å². The Bertz CT molecular complexity index is 736. The minimum absolute atomic E-state index is 0.126. The molecule has 0 fully saturated rings. The van der Waals surface area contributed by atoms with Gasteiger partial charge in [0.1, 0.15) is 11.9 Å². The number of fused-ring (bicyclic) bond motifs is 1. The van der Waals surface area contributed by atoms with Gasteiger partial charge in [0.15, 0.2) is 6.61 Å². The molecule has 0 bridgehead atoms. The fourth-order valence-electron chi connectivity index (χ4n) is 2.64. The van der Waals surface area contributed by atoms with Gasteiger partial charge in [-0.1, -0.05) is 30.3 Å². The molecule has 1 heterocycles. The second-order valence-electron chi connectivity index (χ2n) is 5.42. The molecule has 24 heavy (non-hydrogen) atoms. The lowest BCUT2D eigenvalue weighted by molar-refractivity contribution is -0.145. The van der Waals surface area contributed by atoms with E-state index in [9.17, 15) is 9.59 Å². The van der Waals surface area contributed by atoms with Crippen molar-refractivity contribution >= 4 is 11.9 Å². The summed E-state index contributed by atoms with van der Waals surface area (Å²) in [5.41, 5.74) is 2.51. The van der Waals surface area contributed by atoms with Crippen molar-refractivity contribution in [2.45, 2.75) is 19.4 Å². The third-order valence-corrected chi connectivity index (χ3v) is 3.81. The second-order valence-corrected chi connectivity index (χ2v) is 5.42. The number of hydrogen-bond donors (Lipinski definition) is 0. The van der Waals surface area contributed by atoms with Crippen LogP contribution in [0.5, 0.6) is 5.75 Å². The van der Waals surface area contributed by atoms with Gasteiger partial charge in [-0.3, -0.25) is 0 Å². The third-order valence-electron chi connectivity index (χ3n) is 3.81. The van der Waals surface area contributed by atoms with Gasteiger partial charge in [0, 0.05) is 6.42 Å². The van der Waals surface area contributed by atoms with E-state index in [-0.39, 0.29) is 18.7 Å². The van der Waals surface area contributed by atoms with Crippen molar-refractivity contribution < 1.29 is 23.8 Å². The number of hydrogen-bond acceptors (Lipinski definition) is 5. The van der Waals surface area contributed by atoms with Gasteiger partial charge in [0.2, 0.25) is 0 Å². The Hall–Kier alpha value is -2.82. The smallest absolute Gasteiger partial charge is 0.344 e. The van der Waals surface area contributed by atoms with E-state index in [1.165, 1.54) is 0 Å². The molecule has 0 unspecified atom stereocenters. The highest BCUT2D eigenvalue weighted by molar-refractivity contribution is 5.92. The number of benzene rings is 2. The topological polar surface area (TPSA) is 61.8 Å². The van der Waals surface area contributed by atoms with Crippen molar-refractivity contribution in [3.05, 3.63) is 65.2 Å². The first-order chi connectivity index (χ1) is 11.7. The van der Waals surface area contributed by atoms with Crippen molar-refractivity contribution in [1.29, 1.82) is 0 Å². The van der Waals surface area contributed by atoms with E-state index in [0.29, 0.717) is 24.3 Å². The summed E-state index contributed by atoms with van der Waals surface area (Å²) in [5.74, 6) is -0.141. The zero-order valence-electron chi connectivity index (χ0n) is 13.4. The van der Waals surface area contributed by atoms with E-state index in [2.05, 4.69) is 0 Å². The van der Waals surface area contributed by atoms with Gasteiger partial charge in [-0.15, -0.1) is 0 Å². The van der Waals surface area contributed by atoms with Crippen LogP contribution >= 0.6 is 0 Å². The Kier molecular flexibility index (Phi) is 4.79. The molecule has 0 N–H and O–H groups in total. The van der Waals surface area contributed by atoms with Crippen LogP contribution in [0.2, 0.25) is 0 Å². The first kappa shape index (κ1) is 16.1. The van der Waals surface area contributed by atoms with Crippen LogP contribution in [-0.4, -0.2) is 25.2 Å². The molecule has 3 rings (SSSR count). The lowest BCUT2D eigenvalue weighted by Gasteiger charge is -2.25. The summed E-state index contributed by atoms with van der Waals surface area (Å²) in [5, 5.41) is 0. The highest BCUT2D eigenvalue weighted by atomic mass is 16.6. The first-order valence-corrected chi connectivity index (χ1v) is 7.84. The Balaban J connectivity index is 1.66. The van der Waals surface area contributed by atoms with Crippen LogP contribution in [-0.2, 0) is 20.7 Å². The van der Waals surface area contributed by atoms with Crippen LogP contribution in [0, 0.1) is 0 Å². The van der Waals surface area contributed by atoms with Crippen LogP contribution in [0.3, 0.4) is 0 Å². The summed E-state index contributed by atoms with van der Waals surface area (Å²) < 4.78 is 15.7. The SMILES string of the molecule is CCOC(=O)COc1ccc([C@@H]2Cc3ccccc3C(=O)O2)cc1. The molecule has 0 radical (unpaired) electrons. The second kappa shape index (κ2) is 7.17. The van der Waals surface area contributed by atoms with Crippen molar-refractivity contribution in [1.82, 2.24) is 0 Å². The molecule has 0 aliphatic carbocycles. The zero-order valence-corrected chi connectivity index (χ0v) is 13.4. The van der Waals surface area contributed by atoms with E-state index in [1.807, 2.05) is 30.3 Å². The molecule has 0 saturated heterocycles. The maximum atomic E-state index is 12.1. The van der Waals surface area contributed by atoms with Crippen LogP contribution in [0.15, 0.2) is 48.5 Å². The van der Waals surface area contributed by atoms with Crippen LogP contribution < -0.4 is 4.74 Å². The number of carbonyl (C=O) groups is 2. The third kappa shape index (κ3) is 3.56. The van der Waals surface area contributed by atoms with Gasteiger partial charge >= 0.3 is 11.9 Å². The number of ether oxygens (including phenoxy) is 3. The summed E-state index contributed by atoms with van der Waals surface area (Å²) in [6, 6.07) is 14.7. The summed E-state index contributed by atoms with van der Waals surface area (Å²) in [6.07, 6.45) is 0.330. The fraction of sp³-hybridized carbons (Fsp3) is 0.263. The Labute approximate surface area is 140 Å². The minimum Gasteiger partial charge on any atom is -0.482 e. The van der Waals surface area contributed by atoms with Crippen molar-refractivity contribution in [3.8, 4) is 5.75 Å². The average Bonchev–Trinajstić information content (AvgIpc) is 2.61. The van der Waals surface area contributed by atoms with Crippen molar-refractivity contribution in [2.24, 2.45) is 0 Å². The monoisotopic (exact) mass is 326 g/mol. The quantitative estimate of drug-likeness (QED) is 0.790. The molecule has 1 aliphatic rings. The Morgan fingerprint density at radius 2 is 1.92 bits per heavy atom. The van der Waals surface area contributed by atoms with Gasteiger partial charge in [0.05, 0.1) is 12.2 Å². The molecule has 2 aromatic carbocycles. The normalized spacial score (nSPS) is 16.0. The summed E-state index contributed by atoms with van der Waals surface area (Å²) in [4.78, 5) is 23.4. The lowest BCUT2D eigenvalue weighted by Crippen LogP contribution is -2.21. The van der Waals surface area contributed by atoms with E-state index in [1.54, 1.807) is 25.1 Å². The summed E-state index contributed by atoms with van der Waals surface area (Å²) in [6.45, 7) is 1.95. The molecule has 1 aliphatic heterocycles. The van der Waals surface area contributed by atoms with Crippen LogP contribution in [0.25, 0.3) is 0 Å². The highest BCUT2D eigenvalue weighted by Gasteiger charge is 2.26. The predicted molar refractivity (Wildman–Crippen MR) is 86.9 cm³/mol. The van der Waals surface area contributed by atoms with Crippen molar-refractivity contribution in [2.75, 3.05) is 13.2 Å². The molecular weight excluding hydrogens is 308 g/mol. The molecule has 124 valence electrons. The van der Waals surface area contributed by atoms with Gasteiger partial charge < -0.3 is 14.2 Å². The molecule has 1 atom stereocenters. The highest BCUT2D eigenvalue weighted by Crippen LogP contribution is 2.31. The van der Waals surface area contributed by atoms with Crippen LogP contribution in [0.4, 0.5) is 0 Å². The standard InChI is InChI=1S/C19H18O5/c1-2-22-18(20)12-23-15-9-7-13(8-10-15)17-11-14-5-3-4-6-16(14)19(21)24-17/h3-10,17H,2,11-12H2,1H3/t17-/m0/s1. The summed E-state index contributed by atoms with van der Waals surface area (Å²) in [7, 11) is 0. The predicted octanol–water partition coefficient (Wildman–Crippen LogP) is 3.08. The fourth-order valence-corrected chi connectivity index (χ4v) is 2.64. The van der Waals surface area contributed by atoms with E-state index in [4.69, 9.17) is 14.2 Å². The van der Waals surface area contributed by atoms with E-state index < -0.39 is 5.97 Å². The minimum atomic E-state index is -0.403. The molecule has 0 saturated carbocycles. The molecule has 2 aromatic rings. The van der Waals surface area contributed by atoms with Gasteiger partial charge in [-0.05, 0) is 36.2 Å². The molecule has 0 spiro atoms. The Morgan fingerprint density at radius 1 is 1.17 bits per heavy atom. The lowest BCUT2D eigenvalue weighted by atomic mass is 9.95. The number of carbonyl (C=O) groups excluding carboxylic acids is 2. The van der Waals surface area contributed by atoms with Crippen molar-refractivity contribution in [3.63, 3.8) is 0 Å². The molecule has 0 aromatic heterocycles.